The van der Waals surface area contributed by atoms with Gasteiger partial charge in [-0.2, -0.15) is 10.2 Å². The number of hydrogen-bond donors (Lipinski definition) is 3. The van der Waals surface area contributed by atoms with Crippen molar-refractivity contribution in [2.24, 2.45) is 5.92 Å². The van der Waals surface area contributed by atoms with Crippen LogP contribution < -0.4 is 10.6 Å². The third kappa shape index (κ3) is 6.48. The largest absolute Gasteiger partial charge is 0.330 e. The van der Waals surface area contributed by atoms with Crippen molar-refractivity contribution in [1.82, 2.24) is 35.0 Å². The van der Waals surface area contributed by atoms with Gasteiger partial charge in [-0.3, -0.25) is 9.89 Å². The summed E-state index contributed by atoms with van der Waals surface area (Å²) in [5.41, 5.74) is 5.02. The van der Waals surface area contributed by atoms with Gasteiger partial charge in [0.2, 0.25) is 5.91 Å². The summed E-state index contributed by atoms with van der Waals surface area (Å²) in [7, 11) is 0. The normalized spacial score (nSPS) is 15.6. The Kier molecular flexibility index (Phi) is 8.17. The maximum Gasteiger partial charge on any atom is 0.230 e. The van der Waals surface area contributed by atoms with E-state index in [0.717, 1.165) is 35.7 Å². The average molecular weight is 479 g/mol. The lowest BCUT2D eigenvalue weighted by atomic mass is 9.99. The Balaban J connectivity index is 1.36. The summed E-state index contributed by atoms with van der Waals surface area (Å²) >= 11 is 0. The molecule has 9 nitrogen and oxygen atoms in total. The summed E-state index contributed by atoms with van der Waals surface area (Å²) in [5.74, 6) is 2.13. The van der Waals surface area contributed by atoms with Gasteiger partial charge in [-0.05, 0) is 89.6 Å². The third-order valence-electron chi connectivity index (χ3n) is 6.98. The molecule has 0 unspecified atom stereocenters. The number of allylic oxidation sites excluding steroid dienone is 2. The van der Waals surface area contributed by atoms with Gasteiger partial charge in [0.25, 0.3) is 0 Å². The zero-order valence-electron chi connectivity index (χ0n) is 21.4. The molecule has 3 N–H and O–H groups in total. The minimum absolute atomic E-state index is 0.0813. The number of aromatic amines is 1. The second kappa shape index (κ2) is 11.5. The Morgan fingerprint density at radius 3 is 2.86 bits per heavy atom. The molecule has 4 rings (SSSR count). The highest BCUT2D eigenvalue weighted by Crippen LogP contribution is 2.26. The summed E-state index contributed by atoms with van der Waals surface area (Å²) in [5, 5.41) is 17.8. The molecule has 4 heterocycles. The number of nitrogens with one attached hydrogen (secondary N) is 3. The molecule has 1 aliphatic rings. The zero-order chi connectivity index (χ0) is 24.8. The van der Waals surface area contributed by atoms with Gasteiger partial charge in [0.1, 0.15) is 11.8 Å². The van der Waals surface area contributed by atoms with Gasteiger partial charge in [0, 0.05) is 23.7 Å². The highest BCUT2D eigenvalue weighted by molar-refractivity contribution is 5.80. The number of H-pyrrole nitrogens is 1. The second-order valence-electron chi connectivity index (χ2n) is 9.76. The first-order chi connectivity index (χ1) is 16.9. The van der Waals surface area contributed by atoms with E-state index in [1.165, 1.54) is 50.0 Å². The molecular weight excluding hydrogens is 440 g/mol. The average Bonchev–Trinajstić information content (AvgIpc) is 3.41. The molecule has 0 spiro atoms. The van der Waals surface area contributed by atoms with Gasteiger partial charge < -0.3 is 15.5 Å². The van der Waals surface area contributed by atoms with Gasteiger partial charge in [-0.25, -0.2) is 9.50 Å². The van der Waals surface area contributed by atoms with Crippen LogP contribution in [0.25, 0.3) is 5.52 Å². The Hall–Kier alpha value is -3.20. The molecule has 0 radical (unpaired) electrons. The van der Waals surface area contributed by atoms with E-state index in [-0.39, 0.29) is 12.3 Å². The van der Waals surface area contributed by atoms with E-state index in [9.17, 15) is 4.79 Å². The SMILES string of the molecule is C/C=C(\C)NC(=O)Cc1cc(Nc2ncnn3cc(CCCCN4CCC(C)CC4)c(C)c23)n[nH]1. The summed E-state index contributed by atoms with van der Waals surface area (Å²) in [6, 6.07) is 1.84. The van der Waals surface area contributed by atoms with Gasteiger partial charge in [0.15, 0.2) is 11.6 Å². The van der Waals surface area contributed by atoms with Crippen LogP contribution in [0.1, 0.15) is 63.3 Å². The number of unbranched alkanes of at least 4 members (excludes halogenated alkanes) is 1. The van der Waals surface area contributed by atoms with Crippen molar-refractivity contribution in [3.05, 3.63) is 47.2 Å². The topological polar surface area (TPSA) is 103 Å². The molecule has 3 aromatic heterocycles. The molecule has 1 aliphatic heterocycles. The highest BCUT2D eigenvalue weighted by atomic mass is 16.1. The number of rotatable bonds is 10. The standard InChI is InChI=1S/C26H38N8O/c1-5-19(3)29-24(35)15-22-14-23(32-31-22)30-26-25-20(4)21(16-34(25)28-17-27-26)8-6-7-11-33-12-9-18(2)10-13-33/h5,14,16-18H,6-13,15H2,1-4H3,(H,29,35)(H2,27,28,30,31,32)/b19-5+. The van der Waals surface area contributed by atoms with Crippen LogP contribution in [-0.2, 0) is 17.6 Å². The number of amides is 1. The van der Waals surface area contributed by atoms with E-state index in [0.29, 0.717) is 11.6 Å². The number of anilines is 2. The van der Waals surface area contributed by atoms with Crippen LogP contribution in [0.5, 0.6) is 0 Å². The number of fused-ring (bicyclic) bond motifs is 1. The quantitative estimate of drug-likeness (QED) is 0.379. The van der Waals surface area contributed by atoms with Crippen molar-refractivity contribution in [1.29, 1.82) is 0 Å². The van der Waals surface area contributed by atoms with Crippen molar-refractivity contribution >= 4 is 23.1 Å². The van der Waals surface area contributed by atoms with Crippen LogP contribution in [0.4, 0.5) is 11.6 Å². The number of aryl methyl sites for hydroxylation is 2. The van der Waals surface area contributed by atoms with E-state index in [1.807, 2.05) is 30.5 Å². The first-order valence-electron chi connectivity index (χ1n) is 12.7. The fraction of sp³-hybridized carbons (Fsp3) is 0.538. The number of likely N-dealkylation sites (tertiary alicyclic amines) is 1. The smallest absolute Gasteiger partial charge is 0.230 e. The van der Waals surface area contributed by atoms with Crippen LogP contribution in [0.15, 0.2) is 30.4 Å². The Morgan fingerprint density at radius 2 is 2.09 bits per heavy atom. The highest BCUT2D eigenvalue weighted by Gasteiger charge is 2.16. The maximum atomic E-state index is 12.1. The zero-order valence-corrected chi connectivity index (χ0v) is 21.4. The van der Waals surface area contributed by atoms with E-state index < -0.39 is 0 Å². The maximum absolute atomic E-state index is 12.1. The van der Waals surface area contributed by atoms with Crippen molar-refractivity contribution in [3.8, 4) is 0 Å². The van der Waals surface area contributed by atoms with Crippen LogP contribution in [-0.4, -0.2) is 55.2 Å². The van der Waals surface area contributed by atoms with E-state index in [1.54, 1.807) is 6.33 Å². The number of aromatic nitrogens is 5. The molecule has 1 fully saturated rings. The van der Waals surface area contributed by atoms with Crippen molar-refractivity contribution in [2.45, 2.75) is 66.2 Å². The lowest BCUT2D eigenvalue weighted by molar-refractivity contribution is -0.119. The minimum Gasteiger partial charge on any atom is -0.330 e. The Labute approximate surface area is 207 Å². The molecule has 3 aromatic rings. The fourth-order valence-corrected chi connectivity index (χ4v) is 4.64. The Morgan fingerprint density at radius 1 is 1.29 bits per heavy atom. The number of carbonyl (C=O) groups is 1. The summed E-state index contributed by atoms with van der Waals surface area (Å²) in [6.07, 6.45) is 11.8. The molecular formula is C26H38N8O. The van der Waals surface area contributed by atoms with Crippen molar-refractivity contribution < 1.29 is 4.79 Å². The van der Waals surface area contributed by atoms with Crippen molar-refractivity contribution in [2.75, 3.05) is 25.0 Å². The number of nitrogens with zero attached hydrogens (tertiary/aromatic N) is 5. The molecule has 1 saturated heterocycles. The summed E-state index contributed by atoms with van der Waals surface area (Å²) in [6.45, 7) is 11.9. The molecule has 9 heteroatoms. The van der Waals surface area contributed by atoms with E-state index in [2.05, 4.69) is 55.9 Å². The first kappa shape index (κ1) is 24.9. The molecule has 0 saturated carbocycles. The van der Waals surface area contributed by atoms with Gasteiger partial charge in [-0.1, -0.05) is 13.0 Å². The number of carbonyl (C=O) groups excluding carboxylic acids is 1. The van der Waals surface area contributed by atoms with Crippen LogP contribution >= 0.6 is 0 Å². The van der Waals surface area contributed by atoms with Gasteiger partial charge in [-0.15, -0.1) is 0 Å². The molecule has 0 aliphatic carbocycles. The number of hydrogen-bond acceptors (Lipinski definition) is 6. The number of piperidine rings is 1. The third-order valence-corrected chi connectivity index (χ3v) is 6.98. The molecule has 0 bridgehead atoms. The molecule has 1 amide bonds. The molecule has 188 valence electrons. The predicted octanol–water partition coefficient (Wildman–Crippen LogP) is 4.14. The molecule has 0 atom stereocenters. The second-order valence-corrected chi connectivity index (χ2v) is 9.76. The minimum atomic E-state index is -0.0813. The summed E-state index contributed by atoms with van der Waals surface area (Å²) < 4.78 is 1.90. The van der Waals surface area contributed by atoms with E-state index >= 15 is 0 Å². The van der Waals surface area contributed by atoms with Gasteiger partial charge in [0.05, 0.1) is 6.42 Å². The molecule has 0 aromatic carbocycles. The van der Waals surface area contributed by atoms with Crippen molar-refractivity contribution in [3.63, 3.8) is 0 Å². The van der Waals surface area contributed by atoms with Crippen LogP contribution in [0.2, 0.25) is 0 Å². The Bertz CT molecular complexity index is 1170. The lowest BCUT2D eigenvalue weighted by Gasteiger charge is -2.30. The first-order valence-corrected chi connectivity index (χ1v) is 12.7. The fourth-order valence-electron chi connectivity index (χ4n) is 4.64. The van der Waals surface area contributed by atoms with Crippen LogP contribution in [0.3, 0.4) is 0 Å². The van der Waals surface area contributed by atoms with E-state index in [4.69, 9.17) is 0 Å². The summed E-state index contributed by atoms with van der Waals surface area (Å²) in [4.78, 5) is 19.2. The monoisotopic (exact) mass is 478 g/mol. The predicted molar refractivity (Wildman–Crippen MR) is 139 cm³/mol. The lowest BCUT2D eigenvalue weighted by Crippen LogP contribution is -2.33. The van der Waals surface area contributed by atoms with Gasteiger partial charge >= 0.3 is 0 Å². The molecule has 35 heavy (non-hydrogen) atoms. The van der Waals surface area contributed by atoms with Crippen LogP contribution in [0, 0.1) is 12.8 Å².